The molecule has 0 aliphatic heterocycles. The van der Waals surface area contributed by atoms with Gasteiger partial charge in [0.2, 0.25) is 11.7 Å². The molecule has 1 atom stereocenters. The first-order valence-electron chi connectivity index (χ1n) is 7.08. The molecule has 1 unspecified atom stereocenters. The van der Waals surface area contributed by atoms with Crippen molar-refractivity contribution in [2.24, 2.45) is 5.92 Å². The zero-order valence-electron chi connectivity index (χ0n) is 13.0. The Bertz CT molecular complexity index is 364. The van der Waals surface area contributed by atoms with Gasteiger partial charge in [0.05, 0.1) is 0 Å². The summed E-state index contributed by atoms with van der Waals surface area (Å²) >= 11 is 0. The Balaban J connectivity index is 2.87. The van der Waals surface area contributed by atoms with Gasteiger partial charge in [0, 0.05) is 19.6 Å². The van der Waals surface area contributed by atoms with Crippen molar-refractivity contribution in [1.82, 2.24) is 15.5 Å². The molecule has 0 bridgehead atoms. The summed E-state index contributed by atoms with van der Waals surface area (Å²) in [5, 5.41) is 7.39. The van der Waals surface area contributed by atoms with Gasteiger partial charge in [0.15, 0.2) is 0 Å². The maximum absolute atomic E-state index is 5.61. The Morgan fingerprint density at radius 1 is 1.32 bits per heavy atom. The molecule has 0 radical (unpaired) electrons. The minimum atomic E-state index is -0.422. The summed E-state index contributed by atoms with van der Waals surface area (Å²) in [6.45, 7) is 8.51. The second-order valence-electron chi connectivity index (χ2n) is 5.26. The van der Waals surface area contributed by atoms with Gasteiger partial charge in [-0.25, -0.2) is 0 Å². The lowest BCUT2D eigenvalue weighted by molar-refractivity contribution is -0.0306. The van der Waals surface area contributed by atoms with Gasteiger partial charge >= 0.3 is 0 Å². The van der Waals surface area contributed by atoms with E-state index in [1.54, 1.807) is 7.11 Å². The molecule has 1 heterocycles. The van der Waals surface area contributed by atoms with Crippen molar-refractivity contribution < 1.29 is 9.26 Å². The molecule has 0 aromatic carbocycles. The van der Waals surface area contributed by atoms with Crippen molar-refractivity contribution in [2.75, 3.05) is 14.2 Å². The van der Waals surface area contributed by atoms with Gasteiger partial charge in [-0.3, -0.25) is 0 Å². The number of ether oxygens (including phenoxy) is 1. The lowest BCUT2D eigenvalue weighted by atomic mass is 9.96. The van der Waals surface area contributed by atoms with E-state index in [4.69, 9.17) is 9.26 Å². The summed E-state index contributed by atoms with van der Waals surface area (Å²) in [7, 11) is 3.66. The van der Waals surface area contributed by atoms with Gasteiger partial charge < -0.3 is 14.6 Å². The molecule has 0 spiro atoms. The second-order valence-corrected chi connectivity index (χ2v) is 5.26. The molecule has 0 amide bonds. The predicted molar refractivity (Wildman–Crippen MR) is 75.0 cm³/mol. The lowest BCUT2D eigenvalue weighted by Gasteiger charge is -2.25. The van der Waals surface area contributed by atoms with Gasteiger partial charge in [0.25, 0.3) is 0 Å². The van der Waals surface area contributed by atoms with Crippen LogP contribution < -0.4 is 5.32 Å². The predicted octanol–water partition coefficient (Wildman–Crippen LogP) is 2.52. The van der Waals surface area contributed by atoms with Gasteiger partial charge in [0.1, 0.15) is 5.60 Å². The highest BCUT2D eigenvalue weighted by Crippen LogP contribution is 2.30. The average molecular weight is 269 g/mol. The summed E-state index contributed by atoms with van der Waals surface area (Å²) in [6.07, 6.45) is 2.41. The van der Waals surface area contributed by atoms with Crippen molar-refractivity contribution in [2.45, 2.75) is 58.6 Å². The van der Waals surface area contributed by atoms with Gasteiger partial charge in [-0.2, -0.15) is 4.98 Å². The van der Waals surface area contributed by atoms with E-state index < -0.39 is 5.60 Å². The molecule has 0 aliphatic carbocycles. The number of aromatic nitrogens is 2. The van der Waals surface area contributed by atoms with Crippen molar-refractivity contribution in [3.63, 3.8) is 0 Å². The van der Waals surface area contributed by atoms with Gasteiger partial charge in [-0.15, -0.1) is 0 Å². The lowest BCUT2D eigenvalue weighted by Crippen LogP contribution is -2.33. The van der Waals surface area contributed by atoms with Crippen molar-refractivity contribution in [3.05, 3.63) is 11.7 Å². The molecule has 5 nitrogen and oxygen atoms in total. The highest BCUT2D eigenvalue weighted by Gasteiger charge is 2.33. The van der Waals surface area contributed by atoms with Gasteiger partial charge in [-0.05, 0) is 25.8 Å². The normalized spacial score (nSPS) is 14.1. The van der Waals surface area contributed by atoms with E-state index in [0.29, 0.717) is 23.7 Å². The first kappa shape index (κ1) is 16.1. The summed E-state index contributed by atoms with van der Waals surface area (Å²) in [5.41, 5.74) is -0.422. The van der Waals surface area contributed by atoms with Crippen LogP contribution in [0.4, 0.5) is 0 Å². The molecule has 0 fully saturated rings. The molecular weight excluding hydrogens is 242 g/mol. The van der Waals surface area contributed by atoms with Crippen LogP contribution in [0.15, 0.2) is 4.52 Å². The quantitative estimate of drug-likeness (QED) is 0.785. The van der Waals surface area contributed by atoms with Crippen LogP contribution in [0.1, 0.15) is 52.3 Å². The van der Waals surface area contributed by atoms with Crippen LogP contribution in [0, 0.1) is 5.92 Å². The number of nitrogens with zero attached hydrogens (tertiary/aromatic N) is 2. The van der Waals surface area contributed by atoms with E-state index in [-0.39, 0.29) is 0 Å². The van der Waals surface area contributed by atoms with E-state index in [9.17, 15) is 0 Å². The molecule has 1 N–H and O–H groups in total. The molecule has 0 saturated heterocycles. The fourth-order valence-corrected chi connectivity index (χ4v) is 2.33. The van der Waals surface area contributed by atoms with Crippen molar-refractivity contribution >= 4 is 0 Å². The Labute approximate surface area is 116 Å². The number of hydrogen-bond donors (Lipinski definition) is 1. The highest BCUT2D eigenvalue weighted by atomic mass is 16.5. The third-order valence-corrected chi connectivity index (χ3v) is 3.98. The number of rotatable bonds is 8. The molecular formula is C14H27N3O2. The van der Waals surface area contributed by atoms with Crippen LogP contribution in [0.2, 0.25) is 0 Å². The molecule has 110 valence electrons. The minimum Gasteiger partial charge on any atom is -0.370 e. The summed E-state index contributed by atoms with van der Waals surface area (Å²) in [6, 6.07) is 0.341. The zero-order chi connectivity index (χ0) is 14.5. The summed E-state index contributed by atoms with van der Waals surface area (Å²) < 4.78 is 11.0. The topological polar surface area (TPSA) is 60.2 Å². The van der Waals surface area contributed by atoms with E-state index in [0.717, 1.165) is 19.3 Å². The average Bonchev–Trinajstić information content (AvgIpc) is 2.87. The molecule has 5 heteroatoms. The third-order valence-electron chi connectivity index (χ3n) is 3.98. The zero-order valence-corrected chi connectivity index (χ0v) is 13.0. The Morgan fingerprint density at radius 3 is 2.37 bits per heavy atom. The first-order chi connectivity index (χ1) is 9.02. The second kappa shape index (κ2) is 7.01. The molecule has 1 rings (SSSR count). The fraction of sp³-hybridized carbons (Fsp3) is 0.857. The van der Waals surface area contributed by atoms with Crippen LogP contribution in [-0.4, -0.2) is 30.3 Å². The van der Waals surface area contributed by atoms with Crippen molar-refractivity contribution in [1.29, 1.82) is 0 Å². The monoisotopic (exact) mass is 269 g/mol. The molecule has 19 heavy (non-hydrogen) atoms. The van der Waals surface area contributed by atoms with E-state index in [1.807, 2.05) is 7.05 Å². The third kappa shape index (κ3) is 3.54. The summed E-state index contributed by atoms with van der Waals surface area (Å²) in [4.78, 5) is 4.52. The number of methoxy groups -OCH3 is 1. The number of nitrogens with one attached hydrogen (secondary N) is 1. The first-order valence-corrected chi connectivity index (χ1v) is 7.08. The standard InChI is InChI=1S/C14H27N3O2/c1-7-14(8-2,18-6)13-16-12(19-17-13)9-11(15-5)10(3)4/h10-11,15H,7-9H2,1-6H3. The fourth-order valence-electron chi connectivity index (χ4n) is 2.33. The molecule has 0 aliphatic rings. The van der Waals surface area contributed by atoms with Crippen LogP contribution in [0.5, 0.6) is 0 Å². The van der Waals surface area contributed by atoms with E-state index in [2.05, 4.69) is 43.2 Å². The Kier molecular flexibility index (Phi) is 5.94. The Morgan fingerprint density at radius 2 is 1.95 bits per heavy atom. The number of likely N-dealkylation sites (N-methyl/N-ethyl adjacent to an activating group) is 1. The highest BCUT2D eigenvalue weighted by molar-refractivity contribution is 5.01. The SMILES string of the molecule is CCC(CC)(OC)c1noc(CC(NC)C(C)C)n1. The van der Waals surface area contributed by atoms with Crippen LogP contribution in [0.3, 0.4) is 0 Å². The number of hydrogen-bond acceptors (Lipinski definition) is 5. The van der Waals surface area contributed by atoms with Crippen LogP contribution >= 0.6 is 0 Å². The summed E-state index contributed by atoms with van der Waals surface area (Å²) in [5.74, 6) is 1.85. The van der Waals surface area contributed by atoms with E-state index in [1.165, 1.54) is 0 Å². The van der Waals surface area contributed by atoms with E-state index >= 15 is 0 Å². The Hall–Kier alpha value is -0.940. The minimum absolute atomic E-state index is 0.341. The maximum atomic E-state index is 5.61. The molecule has 1 aromatic rings. The smallest absolute Gasteiger partial charge is 0.228 e. The maximum Gasteiger partial charge on any atom is 0.228 e. The van der Waals surface area contributed by atoms with Crippen molar-refractivity contribution in [3.8, 4) is 0 Å². The molecule has 0 saturated carbocycles. The van der Waals surface area contributed by atoms with Crippen LogP contribution in [0.25, 0.3) is 0 Å². The van der Waals surface area contributed by atoms with Gasteiger partial charge in [-0.1, -0.05) is 32.9 Å². The van der Waals surface area contributed by atoms with Crippen LogP contribution in [-0.2, 0) is 16.8 Å². The molecule has 1 aromatic heterocycles. The largest absolute Gasteiger partial charge is 0.370 e.